The Bertz CT molecular complexity index is 327. The van der Waals surface area contributed by atoms with Crippen LogP contribution < -0.4 is 0 Å². The van der Waals surface area contributed by atoms with Crippen molar-refractivity contribution in [3.8, 4) is 0 Å². The first-order valence-corrected chi connectivity index (χ1v) is 4.52. The minimum absolute atomic E-state index is 0.159. The fourth-order valence-electron chi connectivity index (χ4n) is 1.91. The third kappa shape index (κ3) is 1.40. The number of carbonyl (C=O) groups is 1. The first-order chi connectivity index (χ1) is 6.18. The summed E-state index contributed by atoms with van der Waals surface area (Å²) in [5, 5.41) is 0. The average Bonchev–Trinajstić information content (AvgIpc) is 2.56. The molecule has 0 fully saturated rings. The third-order valence-corrected chi connectivity index (χ3v) is 2.46. The Hall–Kier alpha value is -1.09. The zero-order chi connectivity index (χ0) is 9.42. The predicted octanol–water partition coefficient (Wildman–Crippen LogP) is 0.862. The highest BCUT2D eigenvalue weighted by Crippen LogP contribution is 2.21. The van der Waals surface area contributed by atoms with Crippen molar-refractivity contribution >= 4 is 5.78 Å². The van der Waals surface area contributed by atoms with E-state index in [1.54, 1.807) is 0 Å². The number of hydrogen-bond donors (Lipinski definition) is 0. The zero-order valence-corrected chi connectivity index (χ0v) is 8.03. The van der Waals surface area contributed by atoms with Gasteiger partial charge in [0, 0.05) is 19.3 Å². The van der Waals surface area contributed by atoms with Gasteiger partial charge < -0.3 is 9.47 Å². The van der Waals surface area contributed by atoms with Crippen molar-refractivity contribution in [2.24, 2.45) is 5.92 Å². The zero-order valence-electron chi connectivity index (χ0n) is 8.03. The molecule has 0 saturated heterocycles. The van der Waals surface area contributed by atoms with Crippen LogP contribution in [0.4, 0.5) is 0 Å². The summed E-state index contributed by atoms with van der Waals surface area (Å²) in [6, 6.07) is 3.83. The van der Waals surface area contributed by atoms with Crippen molar-refractivity contribution in [2.75, 3.05) is 20.6 Å². The van der Waals surface area contributed by atoms with Crippen molar-refractivity contribution in [3.63, 3.8) is 0 Å². The Morgan fingerprint density at radius 2 is 2.38 bits per heavy atom. The maximum atomic E-state index is 11.7. The van der Waals surface area contributed by atoms with Crippen molar-refractivity contribution in [1.82, 2.24) is 9.47 Å². The maximum absolute atomic E-state index is 11.7. The van der Waals surface area contributed by atoms with Crippen LogP contribution in [0.2, 0.25) is 0 Å². The molecular formula is C10H14N2O. The second-order valence-corrected chi connectivity index (χ2v) is 3.87. The number of carbonyl (C=O) groups excluding carboxylic acids is 1. The lowest BCUT2D eigenvalue weighted by Crippen LogP contribution is -2.25. The van der Waals surface area contributed by atoms with E-state index in [1.807, 2.05) is 37.0 Å². The van der Waals surface area contributed by atoms with Crippen LogP contribution >= 0.6 is 0 Å². The first-order valence-electron chi connectivity index (χ1n) is 4.52. The highest BCUT2D eigenvalue weighted by Gasteiger charge is 2.29. The van der Waals surface area contributed by atoms with Gasteiger partial charge in [-0.1, -0.05) is 0 Å². The average molecular weight is 178 g/mol. The number of rotatable bonds is 2. The molecule has 1 aromatic heterocycles. The van der Waals surface area contributed by atoms with Gasteiger partial charge in [0.25, 0.3) is 0 Å². The van der Waals surface area contributed by atoms with Crippen LogP contribution in [-0.2, 0) is 6.54 Å². The monoisotopic (exact) mass is 178 g/mol. The fourth-order valence-corrected chi connectivity index (χ4v) is 1.91. The fraction of sp³-hybridized carbons (Fsp3) is 0.500. The molecule has 3 nitrogen and oxygen atoms in total. The van der Waals surface area contributed by atoms with Gasteiger partial charge in [-0.05, 0) is 26.2 Å². The van der Waals surface area contributed by atoms with Gasteiger partial charge in [0.15, 0.2) is 5.78 Å². The summed E-state index contributed by atoms with van der Waals surface area (Å²) >= 11 is 0. The third-order valence-electron chi connectivity index (χ3n) is 2.46. The number of aromatic nitrogens is 1. The van der Waals surface area contributed by atoms with Gasteiger partial charge in [-0.3, -0.25) is 4.79 Å². The molecule has 0 bridgehead atoms. The lowest BCUT2D eigenvalue weighted by atomic mass is 10.1. The van der Waals surface area contributed by atoms with Crippen LogP contribution in [0.15, 0.2) is 18.3 Å². The van der Waals surface area contributed by atoms with E-state index >= 15 is 0 Å². The normalized spacial score (nSPS) is 21.2. The molecule has 0 saturated carbocycles. The van der Waals surface area contributed by atoms with Crippen LogP contribution in [-0.4, -0.2) is 35.9 Å². The molecule has 2 rings (SSSR count). The molecule has 0 amide bonds. The van der Waals surface area contributed by atoms with Gasteiger partial charge in [0.05, 0.1) is 11.6 Å². The molecule has 1 unspecified atom stereocenters. The minimum atomic E-state index is 0.159. The van der Waals surface area contributed by atoms with Crippen molar-refractivity contribution < 1.29 is 4.79 Å². The Labute approximate surface area is 78.0 Å². The second kappa shape index (κ2) is 3.00. The highest BCUT2D eigenvalue weighted by molar-refractivity contribution is 5.98. The van der Waals surface area contributed by atoms with E-state index in [4.69, 9.17) is 0 Å². The molecular weight excluding hydrogens is 164 g/mol. The van der Waals surface area contributed by atoms with Crippen LogP contribution in [0.5, 0.6) is 0 Å². The van der Waals surface area contributed by atoms with Crippen molar-refractivity contribution in [2.45, 2.75) is 6.54 Å². The second-order valence-electron chi connectivity index (χ2n) is 3.87. The van der Waals surface area contributed by atoms with Gasteiger partial charge in [0.1, 0.15) is 0 Å². The molecule has 1 aliphatic heterocycles. The van der Waals surface area contributed by atoms with Crippen molar-refractivity contribution in [3.05, 3.63) is 24.0 Å². The summed E-state index contributed by atoms with van der Waals surface area (Å²) in [5.41, 5.74) is 0.867. The van der Waals surface area contributed by atoms with E-state index in [2.05, 4.69) is 4.90 Å². The minimum Gasteiger partial charge on any atom is -0.344 e. The predicted molar refractivity (Wildman–Crippen MR) is 50.8 cm³/mol. The molecule has 1 atom stereocenters. The Balaban J connectivity index is 2.15. The highest BCUT2D eigenvalue weighted by atomic mass is 16.1. The molecule has 1 aliphatic rings. The Morgan fingerprint density at radius 3 is 3.00 bits per heavy atom. The van der Waals surface area contributed by atoms with Gasteiger partial charge in [-0.25, -0.2) is 0 Å². The SMILES string of the molecule is CN(C)CC1Cn2cccc2C1=O. The molecule has 0 aliphatic carbocycles. The molecule has 2 heterocycles. The quantitative estimate of drug-likeness (QED) is 0.671. The van der Waals surface area contributed by atoms with E-state index in [1.165, 1.54) is 0 Å². The molecule has 1 aromatic rings. The summed E-state index contributed by atoms with van der Waals surface area (Å²) in [7, 11) is 4.00. The van der Waals surface area contributed by atoms with E-state index in [0.29, 0.717) is 5.78 Å². The standard InChI is InChI=1S/C10H14N2O/c1-11(2)6-8-7-12-5-3-4-9(12)10(8)13/h3-5,8H,6-7H2,1-2H3. The maximum Gasteiger partial charge on any atom is 0.185 e. The molecule has 13 heavy (non-hydrogen) atoms. The Morgan fingerprint density at radius 1 is 1.62 bits per heavy atom. The number of hydrogen-bond acceptors (Lipinski definition) is 2. The molecule has 0 aromatic carbocycles. The lowest BCUT2D eigenvalue weighted by molar-refractivity contribution is 0.0916. The van der Waals surface area contributed by atoms with E-state index in [9.17, 15) is 4.79 Å². The topological polar surface area (TPSA) is 25.2 Å². The van der Waals surface area contributed by atoms with Crippen molar-refractivity contribution in [1.29, 1.82) is 0 Å². The number of ketones is 1. The lowest BCUT2D eigenvalue weighted by Gasteiger charge is -2.13. The summed E-state index contributed by atoms with van der Waals surface area (Å²) in [4.78, 5) is 13.8. The van der Waals surface area contributed by atoms with Gasteiger partial charge in [-0.2, -0.15) is 0 Å². The molecule has 0 spiro atoms. The van der Waals surface area contributed by atoms with E-state index < -0.39 is 0 Å². The number of fused-ring (bicyclic) bond motifs is 1. The van der Waals surface area contributed by atoms with Crippen LogP contribution in [0.3, 0.4) is 0 Å². The Kier molecular flexibility index (Phi) is 1.96. The summed E-state index contributed by atoms with van der Waals surface area (Å²) in [5.74, 6) is 0.449. The van der Waals surface area contributed by atoms with E-state index in [0.717, 1.165) is 18.8 Å². The van der Waals surface area contributed by atoms with E-state index in [-0.39, 0.29) is 5.92 Å². The number of Topliss-reactive ketones (excluding diaryl/α,β-unsaturated/α-hetero) is 1. The number of nitrogens with zero attached hydrogens (tertiary/aromatic N) is 2. The summed E-state index contributed by atoms with van der Waals surface area (Å²) in [6.07, 6.45) is 1.98. The van der Waals surface area contributed by atoms with Gasteiger partial charge in [-0.15, -0.1) is 0 Å². The van der Waals surface area contributed by atoms with Crippen LogP contribution in [0.25, 0.3) is 0 Å². The smallest absolute Gasteiger partial charge is 0.185 e. The largest absolute Gasteiger partial charge is 0.344 e. The molecule has 70 valence electrons. The van der Waals surface area contributed by atoms with Crippen LogP contribution in [0, 0.1) is 5.92 Å². The summed E-state index contributed by atoms with van der Waals surface area (Å²) < 4.78 is 2.04. The summed E-state index contributed by atoms with van der Waals surface area (Å²) in [6.45, 7) is 1.69. The first kappa shape index (κ1) is 8.51. The van der Waals surface area contributed by atoms with Gasteiger partial charge >= 0.3 is 0 Å². The molecule has 3 heteroatoms. The van der Waals surface area contributed by atoms with Gasteiger partial charge in [0.2, 0.25) is 0 Å². The molecule has 0 radical (unpaired) electrons. The molecule has 0 N–H and O–H groups in total. The van der Waals surface area contributed by atoms with Crippen LogP contribution in [0.1, 0.15) is 10.5 Å².